The van der Waals surface area contributed by atoms with Crippen LogP contribution in [-0.4, -0.2) is 72.3 Å². The summed E-state index contributed by atoms with van der Waals surface area (Å²) in [7, 11) is 0. The molecule has 1 saturated carbocycles. The van der Waals surface area contributed by atoms with Crippen molar-refractivity contribution in [3.8, 4) is 0 Å². The largest absolute Gasteiger partial charge is 0.416 e. The van der Waals surface area contributed by atoms with E-state index in [2.05, 4.69) is 24.8 Å². The third kappa shape index (κ3) is 6.34. The summed E-state index contributed by atoms with van der Waals surface area (Å²) in [5, 5.41) is 0. The SMILES string of the molecule is CC(C)C(=O)N(CCN1CCN(C(=O)c2cc(C(F)(F)F)cc(C(F)(F)F)c2)CC1)CC1=CCC2CC1C2(C)C. The molecular formula is C29H37F6N3O2. The van der Waals surface area contributed by atoms with E-state index in [4.69, 9.17) is 0 Å². The van der Waals surface area contributed by atoms with E-state index in [9.17, 15) is 35.9 Å². The molecule has 0 radical (unpaired) electrons. The Morgan fingerprint density at radius 3 is 2.02 bits per heavy atom. The first-order chi connectivity index (χ1) is 18.5. The first kappa shape index (κ1) is 30.4. The Bertz CT molecular complexity index is 1120. The molecule has 2 bridgehead atoms. The van der Waals surface area contributed by atoms with Gasteiger partial charge in [-0.2, -0.15) is 26.3 Å². The van der Waals surface area contributed by atoms with E-state index in [0.717, 1.165) is 12.8 Å². The van der Waals surface area contributed by atoms with Crippen molar-refractivity contribution in [3.63, 3.8) is 0 Å². The minimum atomic E-state index is -5.02. The van der Waals surface area contributed by atoms with E-state index < -0.39 is 35.0 Å². The molecule has 11 heteroatoms. The van der Waals surface area contributed by atoms with Gasteiger partial charge in [0.1, 0.15) is 0 Å². The van der Waals surface area contributed by atoms with Gasteiger partial charge in [-0.05, 0) is 48.3 Å². The number of carbonyl (C=O) groups excluding carboxylic acids is 2. The zero-order valence-corrected chi connectivity index (χ0v) is 23.3. The minimum Gasteiger partial charge on any atom is -0.337 e. The molecule has 2 atom stereocenters. The predicted molar refractivity (Wildman–Crippen MR) is 138 cm³/mol. The maximum atomic E-state index is 13.2. The van der Waals surface area contributed by atoms with Crippen LogP contribution in [-0.2, 0) is 17.1 Å². The van der Waals surface area contributed by atoms with Gasteiger partial charge in [0, 0.05) is 57.3 Å². The molecule has 222 valence electrons. The van der Waals surface area contributed by atoms with Gasteiger partial charge in [-0.15, -0.1) is 0 Å². The smallest absolute Gasteiger partial charge is 0.337 e. The van der Waals surface area contributed by atoms with Crippen molar-refractivity contribution in [3.05, 3.63) is 46.5 Å². The molecule has 4 aliphatic rings. The van der Waals surface area contributed by atoms with Gasteiger partial charge in [-0.1, -0.05) is 39.3 Å². The number of hydrogen-bond acceptors (Lipinski definition) is 3. The Hall–Kier alpha value is -2.56. The topological polar surface area (TPSA) is 43.9 Å². The second-order valence-corrected chi connectivity index (χ2v) is 12.2. The summed E-state index contributed by atoms with van der Waals surface area (Å²) >= 11 is 0. The number of piperazine rings is 1. The number of rotatable bonds is 7. The van der Waals surface area contributed by atoms with Gasteiger partial charge in [0.15, 0.2) is 0 Å². The zero-order valence-electron chi connectivity index (χ0n) is 23.3. The van der Waals surface area contributed by atoms with Gasteiger partial charge >= 0.3 is 12.4 Å². The molecule has 2 fully saturated rings. The molecule has 5 rings (SSSR count). The number of benzene rings is 1. The van der Waals surface area contributed by atoms with Crippen molar-refractivity contribution in [2.75, 3.05) is 45.8 Å². The molecule has 2 unspecified atom stereocenters. The molecular weight excluding hydrogens is 536 g/mol. The summed E-state index contributed by atoms with van der Waals surface area (Å²) in [5.74, 6) is 0.231. The van der Waals surface area contributed by atoms with Crippen LogP contribution >= 0.6 is 0 Å². The Balaban J connectivity index is 1.37. The van der Waals surface area contributed by atoms with Crippen LogP contribution in [0.4, 0.5) is 26.3 Å². The van der Waals surface area contributed by atoms with Crippen LogP contribution in [0.25, 0.3) is 0 Å². The van der Waals surface area contributed by atoms with Gasteiger partial charge in [0.05, 0.1) is 11.1 Å². The lowest BCUT2D eigenvalue weighted by Crippen LogP contribution is -2.52. The fourth-order valence-electron chi connectivity index (χ4n) is 6.21. The molecule has 0 spiro atoms. The van der Waals surface area contributed by atoms with Crippen molar-refractivity contribution in [1.82, 2.24) is 14.7 Å². The third-order valence-corrected chi connectivity index (χ3v) is 8.94. The number of fused-ring (bicyclic) bond motifs is 1. The summed E-state index contributed by atoms with van der Waals surface area (Å²) in [6.45, 7) is 11.1. The lowest BCUT2D eigenvalue weighted by Gasteiger charge is -2.57. The molecule has 1 saturated heterocycles. The molecule has 0 N–H and O–H groups in total. The van der Waals surface area contributed by atoms with Crippen molar-refractivity contribution in [2.45, 2.75) is 52.9 Å². The lowest BCUT2D eigenvalue weighted by molar-refractivity contribution is -0.143. The first-order valence-electron chi connectivity index (χ1n) is 13.8. The average molecular weight is 574 g/mol. The van der Waals surface area contributed by atoms with Gasteiger partial charge in [-0.3, -0.25) is 14.5 Å². The molecule has 2 amide bonds. The summed E-state index contributed by atoms with van der Waals surface area (Å²) in [6.07, 6.45) is -5.55. The van der Waals surface area contributed by atoms with E-state index in [0.29, 0.717) is 56.7 Å². The maximum absolute atomic E-state index is 13.2. The monoisotopic (exact) mass is 573 g/mol. The van der Waals surface area contributed by atoms with Crippen LogP contribution in [0.1, 0.15) is 62.0 Å². The highest BCUT2D eigenvalue weighted by molar-refractivity contribution is 5.94. The molecule has 1 aliphatic heterocycles. The van der Waals surface area contributed by atoms with E-state index in [1.165, 1.54) is 10.5 Å². The number of allylic oxidation sites excluding steroid dienone is 1. The van der Waals surface area contributed by atoms with Gasteiger partial charge in [0.2, 0.25) is 5.91 Å². The van der Waals surface area contributed by atoms with Crippen LogP contribution in [0.3, 0.4) is 0 Å². The standard InChI is InChI=1S/C29H37F6N3O2/c1-18(2)25(39)38(17-19-5-6-21-16-24(19)27(21,3)4)12-9-36-7-10-37(11-8-36)26(40)20-13-22(28(30,31)32)15-23(14-20)29(33,34)35/h5,13-15,18,21,24H,6-12,16-17H2,1-4H3. The molecule has 40 heavy (non-hydrogen) atoms. The molecule has 1 aromatic carbocycles. The normalized spacial score (nSPS) is 23.1. The summed E-state index contributed by atoms with van der Waals surface area (Å²) in [4.78, 5) is 31.2. The number of alkyl halides is 6. The quantitative estimate of drug-likeness (QED) is 0.299. The minimum absolute atomic E-state index is 0.0204. The van der Waals surface area contributed by atoms with E-state index >= 15 is 0 Å². The number of nitrogens with zero attached hydrogens (tertiary/aromatic N) is 3. The lowest BCUT2D eigenvalue weighted by atomic mass is 9.49. The van der Waals surface area contributed by atoms with E-state index in [1.54, 1.807) is 0 Å². The van der Waals surface area contributed by atoms with Crippen molar-refractivity contribution < 1.29 is 35.9 Å². The number of hydrogen-bond donors (Lipinski definition) is 0. The van der Waals surface area contributed by atoms with Gasteiger partial charge in [-0.25, -0.2) is 0 Å². The van der Waals surface area contributed by atoms with E-state index in [-0.39, 0.29) is 36.4 Å². The molecule has 3 aliphatic carbocycles. The van der Waals surface area contributed by atoms with E-state index in [1.807, 2.05) is 18.7 Å². The summed E-state index contributed by atoms with van der Waals surface area (Å²) in [6, 6.07) is 0.975. The number of amides is 2. The Labute approximate surface area is 231 Å². The Morgan fingerprint density at radius 2 is 1.55 bits per heavy atom. The fourth-order valence-corrected chi connectivity index (χ4v) is 6.21. The highest BCUT2D eigenvalue weighted by Crippen LogP contribution is 2.59. The van der Waals surface area contributed by atoms with Crippen LogP contribution in [0.5, 0.6) is 0 Å². The second kappa shape index (κ2) is 11.0. The average Bonchev–Trinajstić information content (AvgIpc) is 2.89. The molecule has 5 nitrogen and oxygen atoms in total. The van der Waals surface area contributed by atoms with Gasteiger partial charge < -0.3 is 9.80 Å². The second-order valence-electron chi connectivity index (χ2n) is 12.2. The highest BCUT2D eigenvalue weighted by atomic mass is 19.4. The van der Waals surface area contributed by atoms with Crippen molar-refractivity contribution >= 4 is 11.8 Å². The first-order valence-corrected chi connectivity index (χ1v) is 13.8. The zero-order chi connectivity index (χ0) is 29.6. The third-order valence-electron chi connectivity index (χ3n) is 8.94. The Kier molecular flexibility index (Phi) is 8.38. The predicted octanol–water partition coefficient (Wildman–Crippen LogP) is 5.96. The van der Waals surface area contributed by atoms with Gasteiger partial charge in [0.25, 0.3) is 5.91 Å². The molecule has 1 aromatic rings. The number of carbonyl (C=O) groups is 2. The highest BCUT2D eigenvalue weighted by Gasteiger charge is 2.51. The van der Waals surface area contributed by atoms with Crippen molar-refractivity contribution in [2.24, 2.45) is 23.2 Å². The molecule has 0 aromatic heterocycles. The maximum Gasteiger partial charge on any atom is 0.416 e. The van der Waals surface area contributed by atoms with Crippen LogP contribution in [0, 0.1) is 23.2 Å². The summed E-state index contributed by atoms with van der Waals surface area (Å²) < 4.78 is 79.4. The van der Waals surface area contributed by atoms with Crippen LogP contribution in [0.2, 0.25) is 0 Å². The van der Waals surface area contributed by atoms with Crippen LogP contribution in [0.15, 0.2) is 29.8 Å². The number of halogens is 6. The fraction of sp³-hybridized carbons (Fsp3) is 0.655. The summed E-state index contributed by atoms with van der Waals surface area (Å²) in [5.41, 5.74) is -2.08. The van der Waals surface area contributed by atoms with Crippen LogP contribution < -0.4 is 0 Å². The molecule has 1 heterocycles. The van der Waals surface area contributed by atoms with Crippen molar-refractivity contribution in [1.29, 1.82) is 0 Å². The Morgan fingerprint density at radius 1 is 0.975 bits per heavy atom.